The summed E-state index contributed by atoms with van der Waals surface area (Å²) in [6.07, 6.45) is 6.06. The molecule has 1 aliphatic heterocycles. The molecule has 9 nitrogen and oxygen atoms in total. The molecule has 1 aliphatic carbocycles. The van der Waals surface area contributed by atoms with E-state index in [2.05, 4.69) is 47.1 Å². The zero-order valence-corrected chi connectivity index (χ0v) is 18.4. The maximum absolute atomic E-state index is 12.5. The van der Waals surface area contributed by atoms with Crippen LogP contribution in [0.5, 0.6) is 0 Å². The number of hydrogen-bond acceptors (Lipinski definition) is 5. The third-order valence-electron chi connectivity index (χ3n) is 5.83. The van der Waals surface area contributed by atoms with E-state index in [1.165, 1.54) is 17.5 Å². The minimum Gasteiger partial charge on any atom is -0.345 e. The van der Waals surface area contributed by atoms with E-state index < -0.39 is 18.1 Å². The molecule has 1 aromatic rings. The fourth-order valence-corrected chi connectivity index (χ4v) is 4.03. The highest BCUT2D eigenvalue weighted by molar-refractivity contribution is 6.39. The molecule has 2 atom stereocenters. The van der Waals surface area contributed by atoms with Gasteiger partial charge in [-0.1, -0.05) is 46.5 Å². The third kappa shape index (κ3) is 5.59. The van der Waals surface area contributed by atoms with E-state index in [9.17, 15) is 14.4 Å². The van der Waals surface area contributed by atoms with Crippen molar-refractivity contribution in [2.75, 3.05) is 5.32 Å². The molecular formula is C21H34N6O3. The Balaban J connectivity index is 1.69. The number of anilines is 1. The van der Waals surface area contributed by atoms with Crippen LogP contribution < -0.4 is 21.3 Å². The fourth-order valence-electron chi connectivity index (χ4n) is 4.03. The molecule has 0 spiro atoms. The summed E-state index contributed by atoms with van der Waals surface area (Å²) in [7, 11) is 0. The Morgan fingerprint density at radius 1 is 1.13 bits per heavy atom. The first kappa shape index (κ1) is 22.3. The molecular weight excluding hydrogens is 384 g/mol. The van der Waals surface area contributed by atoms with Crippen molar-refractivity contribution in [1.29, 1.82) is 0 Å². The summed E-state index contributed by atoms with van der Waals surface area (Å²) in [5.41, 5.74) is 0.545. The van der Waals surface area contributed by atoms with Gasteiger partial charge in [0.15, 0.2) is 6.29 Å². The summed E-state index contributed by atoms with van der Waals surface area (Å²) in [5, 5.41) is 16.2. The smallest absolute Gasteiger partial charge is 0.314 e. The Hall–Kier alpha value is -2.42. The van der Waals surface area contributed by atoms with Crippen molar-refractivity contribution in [3.8, 4) is 0 Å². The molecule has 1 aromatic heterocycles. The molecule has 2 fully saturated rings. The van der Waals surface area contributed by atoms with E-state index in [1.54, 1.807) is 13.0 Å². The van der Waals surface area contributed by atoms with Crippen molar-refractivity contribution in [2.45, 2.75) is 91.0 Å². The third-order valence-corrected chi connectivity index (χ3v) is 5.83. The molecule has 2 aliphatic rings. The van der Waals surface area contributed by atoms with Gasteiger partial charge in [0.2, 0.25) is 5.91 Å². The maximum atomic E-state index is 12.5. The predicted molar refractivity (Wildman–Crippen MR) is 113 cm³/mol. The average Bonchev–Trinajstić information content (AvgIpc) is 2.85. The molecule has 0 radical (unpaired) electrons. The van der Waals surface area contributed by atoms with Crippen molar-refractivity contribution in [3.05, 3.63) is 11.8 Å². The number of nitrogens with zero attached hydrogens (tertiary/aromatic N) is 2. The second-order valence-electron chi connectivity index (χ2n) is 9.49. The van der Waals surface area contributed by atoms with Crippen LogP contribution in [0.1, 0.15) is 77.7 Å². The Labute approximate surface area is 177 Å². The lowest BCUT2D eigenvalue weighted by Crippen LogP contribution is -2.57. The van der Waals surface area contributed by atoms with Crippen LogP contribution in [0.2, 0.25) is 0 Å². The summed E-state index contributed by atoms with van der Waals surface area (Å²) >= 11 is 0. The van der Waals surface area contributed by atoms with Gasteiger partial charge in [-0.05, 0) is 25.2 Å². The molecule has 1 saturated carbocycles. The second kappa shape index (κ2) is 9.16. The van der Waals surface area contributed by atoms with Crippen molar-refractivity contribution < 1.29 is 14.4 Å². The highest BCUT2D eigenvalue weighted by Gasteiger charge is 2.35. The number of aromatic nitrogens is 2. The predicted octanol–water partition coefficient (Wildman–Crippen LogP) is 1.95. The van der Waals surface area contributed by atoms with Gasteiger partial charge in [0, 0.05) is 24.6 Å². The quantitative estimate of drug-likeness (QED) is 0.442. The van der Waals surface area contributed by atoms with Gasteiger partial charge in [0.05, 0.1) is 5.69 Å². The maximum Gasteiger partial charge on any atom is 0.314 e. The van der Waals surface area contributed by atoms with Crippen molar-refractivity contribution in [3.63, 3.8) is 0 Å². The van der Waals surface area contributed by atoms with Gasteiger partial charge in [-0.3, -0.25) is 19.7 Å². The largest absolute Gasteiger partial charge is 0.345 e. The first-order valence-electron chi connectivity index (χ1n) is 10.9. The zero-order valence-electron chi connectivity index (χ0n) is 18.4. The van der Waals surface area contributed by atoms with Gasteiger partial charge in [-0.15, -0.1) is 0 Å². The minimum atomic E-state index is -0.727. The van der Waals surface area contributed by atoms with Crippen LogP contribution in [0.25, 0.3) is 0 Å². The fraction of sp³-hybridized carbons (Fsp3) is 0.714. The average molecular weight is 419 g/mol. The normalized spacial score (nSPS) is 23.4. The van der Waals surface area contributed by atoms with E-state index in [0.29, 0.717) is 17.9 Å². The van der Waals surface area contributed by atoms with E-state index >= 15 is 0 Å². The highest BCUT2D eigenvalue weighted by atomic mass is 16.2. The van der Waals surface area contributed by atoms with Gasteiger partial charge in [-0.25, -0.2) is 4.68 Å². The van der Waals surface area contributed by atoms with E-state index in [0.717, 1.165) is 25.7 Å². The van der Waals surface area contributed by atoms with Gasteiger partial charge < -0.3 is 16.0 Å². The van der Waals surface area contributed by atoms with Crippen LogP contribution in [0.4, 0.5) is 5.82 Å². The summed E-state index contributed by atoms with van der Waals surface area (Å²) in [5.74, 6) is -1.09. The van der Waals surface area contributed by atoms with Crippen molar-refractivity contribution in [2.24, 2.45) is 5.41 Å². The van der Waals surface area contributed by atoms with Crippen LogP contribution >= 0.6 is 0 Å². The molecule has 2 heterocycles. The van der Waals surface area contributed by atoms with E-state index in [1.807, 2.05) is 0 Å². The second-order valence-corrected chi connectivity index (χ2v) is 9.49. The van der Waals surface area contributed by atoms with Gasteiger partial charge in [0.1, 0.15) is 5.82 Å². The summed E-state index contributed by atoms with van der Waals surface area (Å²) in [4.78, 5) is 37.2. The monoisotopic (exact) mass is 418 g/mol. The van der Waals surface area contributed by atoms with Crippen LogP contribution in [0, 0.1) is 12.3 Å². The number of hydrogen-bond donors (Lipinski definition) is 4. The molecule has 0 bridgehead atoms. The molecule has 0 aromatic carbocycles. The number of carbonyl (C=O) groups is 3. The summed E-state index contributed by atoms with van der Waals surface area (Å²) in [6, 6.07) is 1.68. The van der Waals surface area contributed by atoms with E-state index in [4.69, 9.17) is 0 Å². The minimum absolute atomic E-state index is 0.0456. The molecule has 166 valence electrons. The molecule has 30 heavy (non-hydrogen) atoms. The number of rotatable bonds is 3. The van der Waals surface area contributed by atoms with E-state index in [-0.39, 0.29) is 23.4 Å². The molecule has 3 amide bonds. The number of nitrogens with one attached hydrogen (secondary N) is 4. The number of amides is 3. The van der Waals surface area contributed by atoms with Crippen molar-refractivity contribution >= 4 is 23.5 Å². The molecule has 4 N–H and O–H groups in total. The molecule has 2 unspecified atom stereocenters. The Kier molecular flexibility index (Phi) is 6.80. The first-order valence-corrected chi connectivity index (χ1v) is 10.9. The first-order chi connectivity index (χ1) is 14.1. The number of aryl methyl sites for hydroxylation is 1. The topological polar surface area (TPSA) is 117 Å². The lowest BCUT2D eigenvalue weighted by atomic mass is 9.84. The van der Waals surface area contributed by atoms with Crippen LogP contribution in [-0.4, -0.2) is 39.6 Å². The van der Waals surface area contributed by atoms with Crippen LogP contribution in [0.3, 0.4) is 0 Å². The zero-order chi connectivity index (χ0) is 21.9. The molecule has 3 rings (SSSR count). The van der Waals surface area contributed by atoms with Gasteiger partial charge >= 0.3 is 11.8 Å². The summed E-state index contributed by atoms with van der Waals surface area (Å²) < 4.78 is 1.52. The summed E-state index contributed by atoms with van der Waals surface area (Å²) in [6.45, 7) is 7.99. The SMILES string of the molecule is Cc1cc(NC(=O)C(=O)NC2CCCCCC2)n(C2NC(=O)CC(C(C)(C)C)N2)n1. The lowest BCUT2D eigenvalue weighted by Gasteiger charge is -2.39. The van der Waals surface area contributed by atoms with Gasteiger partial charge in [0.25, 0.3) is 0 Å². The Morgan fingerprint density at radius 3 is 2.43 bits per heavy atom. The standard InChI is InChI=1S/C21H34N6O3/c1-13-11-16(24-19(30)18(29)22-14-9-7-5-6-8-10-14)27(26-13)20-23-15(21(2,3)4)12-17(28)25-20/h11,14-15,20,23H,5-10,12H2,1-4H3,(H,22,29)(H,24,30)(H,25,28). The Bertz CT molecular complexity index is 789. The molecule has 1 saturated heterocycles. The van der Waals surface area contributed by atoms with Crippen molar-refractivity contribution in [1.82, 2.24) is 25.7 Å². The van der Waals surface area contributed by atoms with Crippen LogP contribution in [-0.2, 0) is 14.4 Å². The Morgan fingerprint density at radius 2 is 1.80 bits per heavy atom. The van der Waals surface area contributed by atoms with Crippen LogP contribution in [0.15, 0.2) is 6.07 Å². The molecule has 9 heteroatoms. The lowest BCUT2D eigenvalue weighted by molar-refractivity contribution is -0.136. The van der Waals surface area contributed by atoms with Gasteiger partial charge in [-0.2, -0.15) is 5.10 Å². The highest BCUT2D eigenvalue weighted by Crippen LogP contribution is 2.27. The number of carbonyl (C=O) groups excluding carboxylic acids is 3.